The van der Waals surface area contributed by atoms with Crippen LogP contribution >= 0.6 is 0 Å². The molecule has 0 aromatic carbocycles. The molecule has 26 heavy (non-hydrogen) atoms. The van der Waals surface area contributed by atoms with E-state index < -0.39 is 6.43 Å². The summed E-state index contributed by atoms with van der Waals surface area (Å²) in [6.45, 7) is 3.68. The van der Waals surface area contributed by atoms with Crippen molar-refractivity contribution in [1.82, 2.24) is 25.0 Å². The number of hydrogen-bond acceptors (Lipinski definition) is 5. The van der Waals surface area contributed by atoms with Crippen LogP contribution in [0, 0.1) is 6.92 Å². The Morgan fingerprint density at radius 1 is 1.27 bits per heavy atom. The van der Waals surface area contributed by atoms with Crippen molar-refractivity contribution in [3.05, 3.63) is 60.4 Å². The molecule has 0 aliphatic heterocycles. The molecule has 0 saturated heterocycles. The molecule has 0 spiro atoms. The van der Waals surface area contributed by atoms with Crippen molar-refractivity contribution in [1.29, 1.82) is 0 Å². The summed E-state index contributed by atoms with van der Waals surface area (Å²) >= 11 is 0. The van der Waals surface area contributed by atoms with E-state index in [0.717, 1.165) is 22.7 Å². The Morgan fingerprint density at radius 2 is 2.04 bits per heavy atom. The van der Waals surface area contributed by atoms with Crippen LogP contribution in [0.2, 0.25) is 0 Å². The SMILES string of the molecule is Cc1nnc(Cn2ncc3ncc([13CH2]/[13CH]=[13CH]/C(F)F)cc32)o1.[13CH3]/[13CH]=[13CH]/F. The fourth-order valence-electron chi connectivity index (χ4n) is 2.07. The average Bonchev–Trinajstić information content (AvgIpc) is 3.21. The molecule has 0 fully saturated rings. The quantitative estimate of drug-likeness (QED) is 0.500. The van der Waals surface area contributed by atoms with Gasteiger partial charge in [0, 0.05) is 13.1 Å². The smallest absolute Gasteiger partial charge is 0.257 e. The van der Waals surface area contributed by atoms with Crippen molar-refractivity contribution in [3.63, 3.8) is 0 Å². The van der Waals surface area contributed by atoms with E-state index in [1.54, 1.807) is 30.9 Å². The highest BCUT2D eigenvalue weighted by atomic mass is 19.3. The molecule has 0 aliphatic rings. The van der Waals surface area contributed by atoms with Gasteiger partial charge >= 0.3 is 0 Å². The molecule has 138 valence electrons. The first-order chi connectivity index (χ1) is 12.5. The van der Waals surface area contributed by atoms with Gasteiger partial charge in [-0.15, -0.1) is 10.2 Å². The topological polar surface area (TPSA) is 69.6 Å². The van der Waals surface area contributed by atoms with E-state index in [-0.39, 0.29) is 0 Å². The molecule has 0 saturated carbocycles. The molecule has 0 N–H and O–H groups in total. The van der Waals surface area contributed by atoms with Gasteiger partial charge in [0.25, 0.3) is 6.43 Å². The largest absolute Gasteiger partial charge is 0.424 e. The lowest BCUT2D eigenvalue weighted by Crippen LogP contribution is -2.02. The summed E-state index contributed by atoms with van der Waals surface area (Å²) in [4.78, 5) is 4.28. The van der Waals surface area contributed by atoms with E-state index in [4.69, 9.17) is 4.42 Å². The zero-order valence-electron chi connectivity index (χ0n) is 14.3. The Bertz CT molecular complexity index is 882. The van der Waals surface area contributed by atoms with Crippen LogP contribution in [0.25, 0.3) is 11.0 Å². The van der Waals surface area contributed by atoms with Gasteiger partial charge in [-0.25, -0.2) is 13.2 Å². The zero-order chi connectivity index (χ0) is 18.9. The van der Waals surface area contributed by atoms with E-state index >= 15 is 0 Å². The van der Waals surface area contributed by atoms with Crippen LogP contribution in [0.4, 0.5) is 13.2 Å². The third kappa shape index (κ3) is 5.54. The van der Waals surface area contributed by atoms with Crippen LogP contribution in [0.5, 0.6) is 0 Å². The lowest BCUT2D eigenvalue weighted by atomic mass is 10.3. The molecule has 0 atom stereocenters. The maximum atomic E-state index is 12.1. The lowest BCUT2D eigenvalue weighted by Gasteiger charge is -2.01. The Kier molecular flexibility index (Phi) is 7.07. The van der Waals surface area contributed by atoms with Crippen molar-refractivity contribution in [2.75, 3.05) is 0 Å². The summed E-state index contributed by atoms with van der Waals surface area (Å²) < 4.78 is 41.8. The summed E-state index contributed by atoms with van der Waals surface area (Å²) in [5.41, 5.74) is 2.34. The normalized spacial score (nSPS) is 11.6. The number of aryl methyl sites for hydroxylation is 1. The molecule has 3 aromatic rings. The van der Waals surface area contributed by atoms with Gasteiger partial charge in [0.1, 0.15) is 12.1 Å². The second kappa shape index (κ2) is 9.50. The van der Waals surface area contributed by atoms with Crippen molar-refractivity contribution < 1.29 is 17.6 Å². The second-order valence-electron chi connectivity index (χ2n) is 5.19. The standard InChI is InChI=1S/C14H13F2N5O.C3H5F/c1-9-19-20-14(22-9)8-21-12-5-10(3-2-4-13(15)16)6-17-11(12)7-18-21;1-2-3-4/h2,4-7,13H,3,8H2,1H3;2-3H,1H3/b4-2+;3-2+/i2+1,3+1,4+1;1+1,2+1,3+1. The van der Waals surface area contributed by atoms with Gasteiger partial charge in [-0.3, -0.25) is 9.67 Å². The molecular formula is C17H18F3N5O. The molecule has 0 radical (unpaired) electrons. The van der Waals surface area contributed by atoms with Gasteiger partial charge in [0.05, 0.1) is 18.0 Å². The van der Waals surface area contributed by atoms with Gasteiger partial charge < -0.3 is 4.42 Å². The van der Waals surface area contributed by atoms with Crippen molar-refractivity contribution in [3.8, 4) is 0 Å². The predicted octanol–water partition coefficient (Wildman–Crippen LogP) is 4.02. The number of rotatable bonds is 5. The van der Waals surface area contributed by atoms with E-state index in [9.17, 15) is 13.2 Å². The number of allylic oxidation sites excluding steroid dienone is 3. The number of alkyl halides is 2. The molecular weight excluding hydrogens is 353 g/mol. The number of halogens is 3. The number of aromatic nitrogens is 5. The fraction of sp³-hybridized carbons (Fsp3) is 0.294. The Balaban J connectivity index is 0.000000552. The molecule has 3 aromatic heterocycles. The summed E-state index contributed by atoms with van der Waals surface area (Å²) in [6.07, 6.45) is 5.36. The van der Waals surface area contributed by atoms with Crippen molar-refractivity contribution in [2.45, 2.75) is 33.2 Å². The lowest BCUT2D eigenvalue weighted by molar-refractivity contribution is 0.204. The highest BCUT2D eigenvalue weighted by molar-refractivity contribution is 5.74. The Labute approximate surface area is 148 Å². The maximum absolute atomic E-state index is 12.1. The second-order valence-corrected chi connectivity index (χ2v) is 5.19. The third-order valence-electron chi connectivity index (χ3n) is 3.17. The first-order valence-electron chi connectivity index (χ1n) is 7.79. The minimum atomic E-state index is -2.44. The fourth-order valence-corrected chi connectivity index (χ4v) is 2.07. The van der Waals surface area contributed by atoms with Crippen LogP contribution in [0.3, 0.4) is 0 Å². The van der Waals surface area contributed by atoms with Crippen LogP contribution in [0.15, 0.2) is 47.4 Å². The van der Waals surface area contributed by atoms with E-state index in [1.165, 1.54) is 12.2 Å². The monoisotopic (exact) mass is 371 g/mol. The van der Waals surface area contributed by atoms with Gasteiger partial charge in [-0.2, -0.15) is 5.10 Å². The Hall–Kier alpha value is -2.97. The number of nitrogens with zero attached hydrogens (tertiary/aromatic N) is 5. The van der Waals surface area contributed by atoms with Gasteiger partial charge in [-0.1, -0.05) is 12.2 Å². The first kappa shape index (κ1) is 19.4. The van der Waals surface area contributed by atoms with Gasteiger partial charge in [-0.05, 0) is 31.1 Å². The Morgan fingerprint density at radius 3 is 2.65 bits per heavy atom. The van der Waals surface area contributed by atoms with Crippen LogP contribution < -0.4 is 0 Å². The van der Waals surface area contributed by atoms with Crippen LogP contribution in [-0.4, -0.2) is 31.4 Å². The van der Waals surface area contributed by atoms with E-state index in [1.807, 2.05) is 6.07 Å². The van der Waals surface area contributed by atoms with Crippen LogP contribution in [0.1, 0.15) is 24.3 Å². The molecule has 0 amide bonds. The van der Waals surface area contributed by atoms with Gasteiger partial charge in [0.2, 0.25) is 11.8 Å². The summed E-state index contributed by atoms with van der Waals surface area (Å²) in [5.74, 6) is 0.938. The molecule has 3 rings (SSSR count). The van der Waals surface area contributed by atoms with Crippen molar-refractivity contribution >= 4 is 11.0 Å². The minimum absolute atomic E-state index is 0.336. The van der Waals surface area contributed by atoms with Crippen molar-refractivity contribution in [2.24, 2.45) is 0 Å². The molecule has 9 heteroatoms. The highest BCUT2D eigenvalue weighted by Gasteiger charge is 2.09. The predicted molar refractivity (Wildman–Crippen MR) is 90.4 cm³/mol. The maximum Gasteiger partial charge on any atom is 0.257 e. The first-order valence-corrected chi connectivity index (χ1v) is 7.79. The zero-order valence-corrected chi connectivity index (χ0v) is 14.3. The molecule has 0 unspecified atom stereocenters. The highest BCUT2D eigenvalue weighted by Crippen LogP contribution is 2.15. The summed E-state index contributed by atoms with van der Waals surface area (Å²) in [6, 6.07) is 1.87. The molecule has 0 bridgehead atoms. The number of pyridine rings is 1. The molecule has 3 heterocycles. The summed E-state index contributed by atoms with van der Waals surface area (Å²) in [7, 11) is 0. The molecule has 0 aliphatic carbocycles. The average molecular weight is 371 g/mol. The molecule has 6 nitrogen and oxygen atoms in total. The van der Waals surface area contributed by atoms with E-state index in [0.29, 0.717) is 31.1 Å². The minimum Gasteiger partial charge on any atom is -0.424 e. The number of fused-ring (bicyclic) bond motifs is 1. The van der Waals surface area contributed by atoms with E-state index in [2.05, 4.69) is 20.3 Å². The summed E-state index contributed by atoms with van der Waals surface area (Å²) in [5, 5.41) is 11.9. The van der Waals surface area contributed by atoms with Crippen LogP contribution in [-0.2, 0) is 13.0 Å². The number of hydrogen-bond donors (Lipinski definition) is 0. The van der Waals surface area contributed by atoms with Gasteiger partial charge in [0.15, 0.2) is 0 Å². The third-order valence-corrected chi connectivity index (χ3v) is 3.17.